The van der Waals surface area contributed by atoms with E-state index in [0.717, 1.165) is 116 Å². The summed E-state index contributed by atoms with van der Waals surface area (Å²) < 4.78 is 12.8. The summed E-state index contributed by atoms with van der Waals surface area (Å²) in [5.41, 5.74) is 15.7. The SMILES string of the molecule is c1ccc(-c2cc(-c3ccc(-c4ccc(-c5ccc6oc7ccccc7c6c5)c5oc6ccccc6c45)cc3)nc(-c3ccc(-c4cccc5cccnc45)cc3)n2)cc1. The van der Waals surface area contributed by atoms with Crippen LogP contribution in [0.1, 0.15) is 0 Å². The molecule has 0 fully saturated rings. The lowest BCUT2D eigenvalue weighted by Crippen LogP contribution is -1.96. The van der Waals surface area contributed by atoms with Crippen LogP contribution in [-0.2, 0) is 0 Å². The molecule has 0 radical (unpaired) electrons. The van der Waals surface area contributed by atoms with Crippen molar-refractivity contribution in [2.75, 3.05) is 0 Å². The van der Waals surface area contributed by atoms with Crippen molar-refractivity contribution in [3.05, 3.63) is 200 Å². The minimum absolute atomic E-state index is 0.668. The predicted molar refractivity (Wildman–Crippen MR) is 245 cm³/mol. The van der Waals surface area contributed by atoms with E-state index in [2.05, 4.69) is 151 Å². The highest BCUT2D eigenvalue weighted by Gasteiger charge is 2.19. The Kier molecular flexibility index (Phi) is 7.78. The van der Waals surface area contributed by atoms with Gasteiger partial charge in [-0.05, 0) is 64.7 Å². The van der Waals surface area contributed by atoms with E-state index in [1.165, 1.54) is 0 Å². The molecule has 0 aliphatic carbocycles. The highest BCUT2D eigenvalue weighted by Crippen LogP contribution is 2.43. The van der Waals surface area contributed by atoms with Crippen molar-refractivity contribution in [3.63, 3.8) is 0 Å². The molecular formula is C55H33N3O2. The minimum atomic E-state index is 0.668. The average molecular weight is 768 g/mol. The van der Waals surface area contributed by atoms with E-state index < -0.39 is 0 Å². The molecule has 12 rings (SSSR count). The number of para-hydroxylation sites is 3. The topological polar surface area (TPSA) is 65.0 Å². The van der Waals surface area contributed by atoms with Crippen LogP contribution in [0, 0.1) is 0 Å². The molecule has 4 heterocycles. The maximum atomic E-state index is 6.69. The van der Waals surface area contributed by atoms with Gasteiger partial charge in [-0.15, -0.1) is 0 Å². The van der Waals surface area contributed by atoms with Crippen LogP contribution in [0.15, 0.2) is 209 Å². The molecule has 60 heavy (non-hydrogen) atoms. The van der Waals surface area contributed by atoms with E-state index in [1.54, 1.807) is 0 Å². The van der Waals surface area contributed by atoms with Crippen LogP contribution in [0.4, 0.5) is 0 Å². The third-order valence-electron chi connectivity index (χ3n) is 11.6. The van der Waals surface area contributed by atoms with E-state index >= 15 is 0 Å². The van der Waals surface area contributed by atoms with Crippen molar-refractivity contribution in [2.45, 2.75) is 0 Å². The number of hydrogen-bond donors (Lipinski definition) is 0. The van der Waals surface area contributed by atoms with Crippen LogP contribution in [0.3, 0.4) is 0 Å². The zero-order valence-corrected chi connectivity index (χ0v) is 32.2. The quantitative estimate of drug-likeness (QED) is 0.169. The van der Waals surface area contributed by atoms with Gasteiger partial charge in [-0.2, -0.15) is 0 Å². The molecule has 5 heteroatoms. The third-order valence-corrected chi connectivity index (χ3v) is 11.6. The molecule has 0 saturated heterocycles. The van der Waals surface area contributed by atoms with Gasteiger partial charge in [0.2, 0.25) is 0 Å². The molecule has 8 aromatic carbocycles. The smallest absolute Gasteiger partial charge is 0.160 e. The highest BCUT2D eigenvalue weighted by atomic mass is 16.3. The number of fused-ring (bicyclic) bond motifs is 7. The molecule has 0 atom stereocenters. The van der Waals surface area contributed by atoms with Crippen LogP contribution >= 0.6 is 0 Å². The largest absolute Gasteiger partial charge is 0.456 e. The fraction of sp³-hybridized carbons (Fsp3) is 0. The number of aromatic nitrogens is 3. The zero-order valence-electron chi connectivity index (χ0n) is 32.2. The van der Waals surface area contributed by atoms with Gasteiger partial charge in [0.15, 0.2) is 5.82 Å². The summed E-state index contributed by atoms with van der Waals surface area (Å²) in [5, 5.41) is 5.48. The third kappa shape index (κ3) is 5.67. The first-order valence-corrected chi connectivity index (χ1v) is 20.1. The fourth-order valence-corrected chi connectivity index (χ4v) is 8.63. The van der Waals surface area contributed by atoms with Gasteiger partial charge in [-0.3, -0.25) is 4.98 Å². The van der Waals surface area contributed by atoms with Crippen molar-refractivity contribution in [1.29, 1.82) is 0 Å². The van der Waals surface area contributed by atoms with Crippen molar-refractivity contribution in [1.82, 2.24) is 15.0 Å². The number of pyridine rings is 1. The number of furan rings is 2. The number of rotatable bonds is 6. The Bertz CT molecular complexity index is 3580. The Morgan fingerprint density at radius 2 is 0.950 bits per heavy atom. The van der Waals surface area contributed by atoms with Crippen LogP contribution in [0.5, 0.6) is 0 Å². The van der Waals surface area contributed by atoms with E-state index in [4.69, 9.17) is 18.8 Å². The molecular weight excluding hydrogens is 735 g/mol. The molecule has 5 nitrogen and oxygen atoms in total. The molecule has 0 aliphatic heterocycles. The summed E-state index contributed by atoms with van der Waals surface area (Å²) in [6.45, 7) is 0. The molecule has 0 unspecified atom stereocenters. The number of benzene rings is 8. The summed E-state index contributed by atoms with van der Waals surface area (Å²) in [6, 6.07) is 67.2. The lowest BCUT2D eigenvalue weighted by Gasteiger charge is -2.12. The summed E-state index contributed by atoms with van der Waals surface area (Å²) in [7, 11) is 0. The molecule has 0 amide bonds. The summed E-state index contributed by atoms with van der Waals surface area (Å²) in [6.07, 6.45) is 1.85. The predicted octanol–water partition coefficient (Wildman–Crippen LogP) is 14.8. The fourth-order valence-electron chi connectivity index (χ4n) is 8.63. The highest BCUT2D eigenvalue weighted by molar-refractivity contribution is 6.17. The van der Waals surface area contributed by atoms with Crippen molar-refractivity contribution in [2.24, 2.45) is 0 Å². The number of hydrogen-bond acceptors (Lipinski definition) is 5. The van der Waals surface area contributed by atoms with Crippen LogP contribution in [-0.4, -0.2) is 15.0 Å². The van der Waals surface area contributed by atoms with Gasteiger partial charge in [0, 0.05) is 60.9 Å². The van der Waals surface area contributed by atoms with Crippen molar-refractivity contribution < 1.29 is 8.83 Å². The van der Waals surface area contributed by atoms with Crippen molar-refractivity contribution >= 4 is 54.8 Å². The van der Waals surface area contributed by atoms with Gasteiger partial charge in [0.25, 0.3) is 0 Å². The minimum Gasteiger partial charge on any atom is -0.456 e. The zero-order chi connectivity index (χ0) is 39.6. The maximum Gasteiger partial charge on any atom is 0.160 e. The lowest BCUT2D eigenvalue weighted by atomic mass is 9.93. The van der Waals surface area contributed by atoms with E-state index in [1.807, 2.05) is 54.7 Å². The summed E-state index contributed by atoms with van der Waals surface area (Å²) >= 11 is 0. The second kappa shape index (κ2) is 13.8. The Morgan fingerprint density at radius 3 is 1.75 bits per heavy atom. The molecule has 0 aliphatic rings. The Morgan fingerprint density at radius 1 is 0.350 bits per heavy atom. The van der Waals surface area contributed by atoms with Gasteiger partial charge in [0.1, 0.15) is 22.3 Å². The Hall–Kier alpha value is -8.15. The second-order valence-corrected chi connectivity index (χ2v) is 15.1. The average Bonchev–Trinajstić information content (AvgIpc) is 3.90. The molecule has 0 N–H and O–H groups in total. The molecule has 4 aromatic heterocycles. The van der Waals surface area contributed by atoms with E-state index in [-0.39, 0.29) is 0 Å². The van der Waals surface area contributed by atoms with Crippen LogP contribution in [0.25, 0.3) is 122 Å². The monoisotopic (exact) mass is 767 g/mol. The standard InChI is InChI=1S/C55H33N3O2/c1-2-10-36(11-3-1)47-33-48(58-55(57-47)39-25-21-35(22-26-39)42-16-8-12-38-13-9-31-56-53(38)42)37-23-19-34(20-24-37)41-28-29-43(54-52(41)45-15-5-7-18-50(45)60-54)40-27-30-51-46(32-40)44-14-4-6-17-49(44)59-51/h1-33H. The van der Waals surface area contributed by atoms with E-state index in [0.29, 0.717) is 5.82 Å². The number of nitrogens with zero attached hydrogens (tertiary/aromatic N) is 3. The van der Waals surface area contributed by atoms with Gasteiger partial charge < -0.3 is 8.83 Å². The molecule has 0 bridgehead atoms. The van der Waals surface area contributed by atoms with Gasteiger partial charge in [-0.1, -0.05) is 152 Å². The van der Waals surface area contributed by atoms with Gasteiger partial charge >= 0.3 is 0 Å². The normalized spacial score (nSPS) is 11.7. The van der Waals surface area contributed by atoms with Gasteiger partial charge in [0.05, 0.1) is 16.9 Å². The first kappa shape index (κ1) is 33.9. The van der Waals surface area contributed by atoms with Gasteiger partial charge in [-0.25, -0.2) is 9.97 Å². The van der Waals surface area contributed by atoms with Crippen LogP contribution in [0.2, 0.25) is 0 Å². The van der Waals surface area contributed by atoms with Crippen molar-refractivity contribution in [3.8, 4) is 67.3 Å². The summed E-state index contributed by atoms with van der Waals surface area (Å²) in [4.78, 5) is 14.9. The first-order valence-electron chi connectivity index (χ1n) is 20.1. The lowest BCUT2D eigenvalue weighted by molar-refractivity contribution is 0.668. The molecule has 0 spiro atoms. The molecule has 0 saturated carbocycles. The Labute approximate surface area is 344 Å². The first-order chi connectivity index (χ1) is 29.7. The van der Waals surface area contributed by atoms with E-state index in [9.17, 15) is 0 Å². The second-order valence-electron chi connectivity index (χ2n) is 15.1. The van der Waals surface area contributed by atoms with Crippen LogP contribution < -0.4 is 0 Å². The Balaban J connectivity index is 0.943. The molecule has 12 aromatic rings. The maximum absolute atomic E-state index is 6.69. The summed E-state index contributed by atoms with van der Waals surface area (Å²) in [5.74, 6) is 0.668. The molecule has 280 valence electrons.